The van der Waals surface area contributed by atoms with E-state index in [1.807, 2.05) is 70.8 Å². The highest BCUT2D eigenvalue weighted by molar-refractivity contribution is 6.30. The second-order valence-corrected chi connectivity index (χ2v) is 13.7. The van der Waals surface area contributed by atoms with E-state index >= 15 is 0 Å². The number of rotatable bonds is 11. The van der Waals surface area contributed by atoms with Gasteiger partial charge in [-0.3, -0.25) is 15.0 Å². The largest absolute Gasteiger partial charge is 0.444 e. The maximum Gasteiger partial charge on any atom is 0.410 e. The number of ether oxygens (including phenoxy) is 1. The van der Waals surface area contributed by atoms with Crippen LogP contribution in [0.5, 0.6) is 0 Å². The van der Waals surface area contributed by atoms with E-state index in [0.29, 0.717) is 31.1 Å². The molecule has 0 bridgehead atoms. The lowest BCUT2D eigenvalue weighted by Crippen LogP contribution is -2.55. The summed E-state index contributed by atoms with van der Waals surface area (Å²) >= 11 is 6.10. The normalized spacial score (nSPS) is 19.8. The lowest BCUT2D eigenvalue weighted by atomic mass is 9.92. The monoisotopic (exact) mass is 605 g/mol. The fourth-order valence-electron chi connectivity index (χ4n) is 5.70. The minimum absolute atomic E-state index is 0.0516. The van der Waals surface area contributed by atoms with Crippen molar-refractivity contribution >= 4 is 29.5 Å². The van der Waals surface area contributed by atoms with Crippen molar-refractivity contribution in [3.05, 3.63) is 34.9 Å². The molecule has 2 aliphatic rings. The van der Waals surface area contributed by atoms with Crippen LogP contribution >= 0.6 is 11.6 Å². The molecule has 3 atom stereocenters. The predicted octanol–water partition coefficient (Wildman–Crippen LogP) is 5.02. The standard InChI is InChI=1S/C32H52ClN5O4/c1-22(2)30(40)38(26-11-9-8-10-12-26)27-17-18-37(21-27)35-29(39)28(19-24-13-15-25(33)16-14-24)34-20-23(3)36(7)31(41)42-32(4,5)6/h13-16,22-23,26-28,34H,8-12,17-21H2,1-7H3,(H,35,39)/t23?,27-,28+/m0/s1. The summed E-state index contributed by atoms with van der Waals surface area (Å²) in [5.41, 5.74) is 3.53. The Morgan fingerprint density at radius 3 is 2.26 bits per heavy atom. The molecule has 3 amide bonds. The highest BCUT2D eigenvalue weighted by Gasteiger charge is 2.37. The van der Waals surface area contributed by atoms with Crippen molar-refractivity contribution in [2.45, 2.75) is 116 Å². The van der Waals surface area contributed by atoms with Gasteiger partial charge in [-0.05, 0) is 71.1 Å². The van der Waals surface area contributed by atoms with Gasteiger partial charge in [0.2, 0.25) is 5.91 Å². The quantitative estimate of drug-likeness (QED) is 0.368. The molecule has 0 spiro atoms. The molecule has 1 heterocycles. The fraction of sp³-hybridized carbons (Fsp3) is 0.719. The summed E-state index contributed by atoms with van der Waals surface area (Å²) < 4.78 is 5.51. The van der Waals surface area contributed by atoms with Gasteiger partial charge in [0.25, 0.3) is 5.91 Å². The highest BCUT2D eigenvalue weighted by atomic mass is 35.5. The first-order valence-electron chi connectivity index (χ1n) is 15.6. The molecular weight excluding hydrogens is 554 g/mol. The lowest BCUT2D eigenvalue weighted by Gasteiger charge is -2.39. The van der Waals surface area contributed by atoms with Crippen molar-refractivity contribution in [2.75, 3.05) is 26.7 Å². The Labute approximate surface area is 257 Å². The van der Waals surface area contributed by atoms with E-state index < -0.39 is 17.7 Å². The molecule has 3 rings (SSSR count). The Balaban J connectivity index is 1.66. The first kappa shape index (κ1) is 34.1. The first-order chi connectivity index (χ1) is 19.7. The fourth-order valence-corrected chi connectivity index (χ4v) is 5.82. The van der Waals surface area contributed by atoms with Crippen molar-refractivity contribution in [1.82, 2.24) is 25.6 Å². The minimum atomic E-state index is -0.588. The van der Waals surface area contributed by atoms with Crippen LogP contribution in [0.3, 0.4) is 0 Å². The lowest BCUT2D eigenvalue weighted by molar-refractivity contribution is -0.140. The van der Waals surface area contributed by atoms with Gasteiger partial charge in [-0.1, -0.05) is 56.8 Å². The zero-order chi connectivity index (χ0) is 31.0. The van der Waals surface area contributed by atoms with Gasteiger partial charge < -0.3 is 19.9 Å². The molecule has 1 aliphatic heterocycles. The van der Waals surface area contributed by atoms with Crippen LogP contribution in [0.25, 0.3) is 0 Å². The number of nitrogens with one attached hydrogen (secondary N) is 2. The minimum Gasteiger partial charge on any atom is -0.444 e. The SMILES string of the molecule is CC(C)C(=O)N(C1CCCCC1)[C@H]1CCN(NC(=O)[C@@H](Cc2ccc(Cl)cc2)NCC(C)N(C)C(=O)OC(C)(C)C)C1. The molecule has 0 radical (unpaired) electrons. The molecule has 1 aromatic carbocycles. The van der Waals surface area contributed by atoms with Crippen LogP contribution in [-0.2, 0) is 20.7 Å². The molecule has 2 fully saturated rings. The number of hydrogen-bond donors (Lipinski definition) is 2. The molecule has 42 heavy (non-hydrogen) atoms. The second kappa shape index (κ2) is 15.4. The van der Waals surface area contributed by atoms with Crippen LogP contribution < -0.4 is 10.7 Å². The van der Waals surface area contributed by atoms with Gasteiger partial charge in [0, 0.05) is 55.7 Å². The molecule has 1 aromatic rings. The molecule has 9 nitrogen and oxygen atoms in total. The molecular formula is C32H52ClN5O4. The van der Waals surface area contributed by atoms with Gasteiger partial charge in [0.05, 0.1) is 6.04 Å². The Bertz CT molecular complexity index is 1040. The number of hydrazine groups is 1. The van der Waals surface area contributed by atoms with E-state index in [9.17, 15) is 14.4 Å². The van der Waals surface area contributed by atoms with Crippen LogP contribution in [0.1, 0.15) is 85.6 Å². The Morgan fingerprint density at radius 2 is 1.67 bits per heavy atom. The summed E-state index contributed by atoms with van der Waals surface area (Å²) in [6.45, 7) is 13.1. The van der Waals surface area contributed by atoms with Crippen LogP contribution in [0.4, 0.5) is 4.79 Å². The number of likely N-dealkylation sites (N-methyl/N-ethyl adjacent to an activating group) is 1. The van der Waals surface area contributed by atoms with Crippen molar-refractivity contribution in [1.29, 1.82) is 0 Å². The summed E-state index contributed by atoms with van der Waals surface area (Å²) in [5.74, 6) is 0.0203. The number of amides is 3. The summed E-state index contributed by atoms with van der Waals surface area (Å²) in [5, 5.41) is 5.99. The van der Waals surface area contributed by atoms with Crippen molar-refractivity contribution in [2.24, 2.45) is 5.92 Å². The molecule has 10 heteroatoms. The topological polar surface area (TPSA) is 94.2 Å². The van der Waals surface area contributed by atoms with Gasteiger partial charge in [0.1, 0.15) is 5.60 Å². The van der Waals surface area contributed by atoms with E-state index in [-0.39, 0.29) is 35.9 Å². The third-order valence-corrected chi connectivity index (χ3v) is 8.47. The average Bonchev–Trinajstić information content (AvgIpc) is 3.38. The summed E-state index contributed by atoms with van der Waals surface area (Å²) in [7, 11) is 1.70. The van der Waals surface area contributed by atoms with E-state index in [2.05, 4.69) is 15.6 Å². The van der Waals surface area contributed by atoms with Gasteiger partial charge in [-0.2, -0.15) is 0 Å². The Kier molecular flexibility index (Phi) is 12.5. The smallest absolute Gasteiger partial charge is 0.410 e. The zero-order valence-corrected chi connectivity index (χ0v) is 27.4. The van der Waals surface area contributed by atoms with Gasteiger partial charge in [0.15, 0.2) is 0 Å². The van der Waals surface area contributed by atoms with Gasteiger partial charge >= 0.3 is 6.09 Å². The van der Waals surface area contributed by atoms with E-state index in [1.165, 1.54) is 19.3 Å². The predicted molar refractivity (Wildman–Crippen MR) is 167 cm³/mol. The van der Waals surface area contributed by atoms with Crippen LogP contribution in [0.15, 0.2) is 24.3 Å². The average molecular weight is 606 g/mol. The maximum absolute atomic E-state index is 13.7. The maximum atomic E-state index is 13.7. The van der Waals surface area contributed by atoms with Crippen molar-refractivity contribution in [3.8, 4) is 0 Å². The van der Waals surface area contributed by atoms with Gasteiger partial charge in [-0.15, -0.1) is 0 Å². The molecule has 1 saturated carbocycles. The number of hydrogen-bond acceptors (Lipinski definition) is 6. The van der Waals surface area contributed by atoms with E-state index in [4.69, 9.17) is 16.3 Å². The molecule has 1 aliphatic carbocycles. The summed E-state index contributed by atoms with van der Waals surface area (Å²) in [6, 6.07) is 7.13. The zero-order valence-electron chi connectivity index (χ0n) is 26.6. The van der Waals surface area contributed by atoms with E-state index in [1.54, 1.807) is 11.9 Å². The Hall–Kier alpha value is -2.36. The first-order valence-corrected chi connectivity index (χ1v) is 15.9. The molecule has 0 aromatic heterocycles. The number of nitrogens with zero attached hydrogens (tertiary/aromatic N) is 3. The van der Waals surface area contributed by atoms with Crippen LogP contribution in [0.2, 0.25) is 5.02 Å². The van der Waals surface area contributed by atoms with Crippen LogP contribution in [0, 0.1) is 5.92 Å². The third-order valence-electron chi connectivity index (χ3n) is 8.21. The molecule has 1 saturated heterocycles. The van der Waals surface area contributed by atoms with Gasteiger partial charge in [-0.25, -0.2) is 9.80 Å². The second-order valence-electron chi connectivity index (χ2n) is 13.3. The summed E-state index contributed by atoms with van der Waals surface area (Å²) in [4.78, 5) is 43.2. The number of carbonyl (C=O) groups is 3. The molecule has 1 unspecified atom stereocenters. The van der Waals surface area contributed by atoms with E-state index in [0.717, 1.165) is 24.8 Å². The highest BCUT2D eigenvalue weighted by Crippen LogP contribution is 2.28. The van der Waals surface area contributed by atoms with Crippen LogP contribution in [-0.4, -0.2) is 89.2 Å². The number of benzene rings is 1. The summed E-state index contributed by atoms with van der Waals surface area (Å²) in [6.07, 6.45) is 6.58. The molecule has 236 valence electrons. The Morgan fingerprint density at radius 1 is 1.02 bits per heavy atom. The molecule has 2 N–H and O–H groups in total. The third kappa shape index (κ3) is 10.1. The number of carbonyl (C=O) groups excluding carboxylic acids is 3. The number of halogens is 1. The van der Waals surface area contributed by atoms with Crippen molar-refractivity contribution in [3.63, 3.8) is 0 Å². The van der Waals surface area contributed by atoms with Crippen molar-refractivity contribution < 1.29 is 19.1 Å².